The molecule has 1 aliphatic rings. The van der Waals surface area contributed by atoms with Gasteiger partial charge in [-0.1, -0.05) is 18.2 Å². The van der Waals surface area contributed by atoms with Crippen LogP contribution < -0.4 is 0 Å². The van der Waals surface area contributed by atoms with Gasteiger partial charge in [0.05, 0.1) is 5.92 Å². The molecule has 0 spiro atoms. The number of para-hydroxylation sites is 1. The first-order chi connectivity index (χ1) is 12.0. The second-order valence-corrected chi connectivity index (χ2v) is 6.55. The van der Waals surface area contributed by atoms with Gasteiger partial charge in [0.1, 0.15) is 0 Å². The molecule has 1 aromatic carbocycles. The molecule has 0 saturated carbocycles. The maximum Gasteiger partial charge on any atom is 0.306 e. The molecule has 0 aliphatic carbocycles. The van der Waals surface area contributed by atoms with Crippen LogP contribution in [0.2, 0.25) is 0 Å². The number of hydrogen-bond acceptors (Lipinski definition) is 3. The number of aryl methyl sites for hydroxylation is 1. The quantitative estimate of drug-likeness (QED) is 0.847. The number of ketones is 1. The highest BCUT2D eigenvalue weighted by molar-refractivity contribution is 6.06. The fourth-order valence-corrected chi connectivity index (χ4v) is 3.46. The lowest BCUT2D eigenvalue weighted by Crippen LogP contribution is -2.40. The fraction of sp³-hybridized carbons (Fsp3) is 0.421. The number of aromatic nitrogens is 1. The Bertz CT molecular complexity index is 816. The van der Waals surface area contributed by atoms with Crippen LogP contribution in [0.4, 0.5) is 0 Å². The van der Waals surface area contributed by atoms with Crippen molar-refractivity contribution < 1.29 is 19.5 Å². The number of rotatable bonds is 5. The van der Waals surface area contributed by atoms with E-state index in [-0.39, 0.29) is 17.6 Å². The largest absolute Gasteiger partial charge is 0.481 e. The van der Waals surface area contributed by atoms with Crippen LogP contribution in [-0.4, -0.2) is 45.3 Å². The first kappa shape index (κ1) is 17.2. The van der Waals surface area contributed by atoms with Gasteiger partial charge in [-0.2, -0.15) is 0 Å². The first-order valence-electron chi connectivity index (χ1n) is 8.56. The van der Waals surface area contributed by atoms with Crippen LogP contribution in [0.5, 0.6) is 0 Å². The van der Waals surface area contributed by atoms with Crippen molar-refractivity contribution in [1.82, 2.24) is 9.47 Å². The van der Waals surface area contributed by atoms with E-state index >= 15 is 0 Å². The van der Waals surface area contributed by atoms with Crippen molar-refractivity contribution in [2.75, 3.05) is 13.1 Å². The molecule has 6 nitrogen and oxygen atoms in total. The summed E-state index contributed by atoms with van der Waals surface area (Å²) in [7, 11) is 0. The summed E-state index contributed by atoms with van der Waals surface area (Å²) in [5.41, 5.74) is 1.62. The zero-order chi connectivity index (χ0) is 18.0. The third kappa shape index (κ3) is 3.57. The van der Waals surface area contributed by atoms with Crippen LogP contribution in [0.1, 0.15) is 36.5 Å². The van der Waals surface area contributed by atoms with Gasteiger partial charge in [-0.3, -0.25) is 14.4 Å². The van der Waals surface area contributed by atoms with Crippen LogP contribution >= 0.6 is 0 Å². The van der Waals surface area contributed by atoms with E-state index in [1.165, 1.54) is 0 Å². The number of Topliss-reactive ketones (excluding diaryl/α,β-unsaturated/α-hetero) is 1. The van der Waals surface area contributed by atoms with Crippen molar-refractivity contribution in [2.24, 2.45) is 5.92 Å². The van der Waals surface area contributed by atoms with Gasteiger partial charge in [-0.05, 0) is 25.8 Å². The monoisotopic (exact) mass is 342 g/mol. The van der Waals surface area contributed by atoms with E-state index in [0.717, 1.165) is 10.9 Å². The zero-order valence-electron chi connectivity index (χ0n) is 14.3. The number of hydrogen-bond donors (Lipinski definition) is 1. The van der Waals surface area contributed by atoms with E-state index in [1.807, 2.05) is 35.0 Å². The number of carbonyl (C=O) groups is 3. The van der Waals surface area contributed by atoms with Gasteiger partial charge in [0.15, 0.2) is 5.78 Å². The third-order valence-corrected chi connectivity index (χ3v) is 4.93. The molecular weight excluding hydrogens is 320 g/mol. The van der Waals surface area contributed by atoms with Gasteiger partial charge in [0.2, 0.25) is 5.91 Å². The molecule has 0 unspecified atom stereocenters. The van der Waals surface area contributed by atoms with Crippen LogP contribution in [0.3, 0.4) is 0 Å². The molecule has 1 saturated heterocycles. The normalized spacial score (nSPS) is 15.5. The predicted molar refractivity (Wildman–Crippen MR) is 93.5 cm³/mol. The van der Waals surface area contributed by atoms with Crippen LogP contribution in [0, 0.1) is 5.92 Å². The second kappa shape index (κ2) is 7.09. The van der Waals surface area contributed by atoms with Gasteiger partial charge in [-0.15, -0.1) is 0 Å². The average molecular weight is 342 g/mol. The maximum absolute atomic E-state index is 12.4. The maximum atomic E-state index is 12.4. The average Bonchev–Trinajstić information content (AvgIpc) is 2.99. The molecule has 1 aliphatic heterocycles. The molecule has 1 N–H and O–H groups in total. The zero-order valence-corrected chi connectivity index (χ0v) is 14.3. The molecule has 1 fully saturated rings. The van der Waals surface area contributed by atoms with Crippen molar-refractivity contribution in [3.05, 3.63) is 36.0 Å². The second-order valence-electron chi connectivity index (χ2n) is 6.55. The number of aliphatic carboxylic acids is 1. The van der Waals surface area contributed by atoms with E-state index in [4.69, 9.17) is 5.11 Å². The number of nitrogens with zero attached hydrogens (tertiary/aromatic N) is 2. The minimum Gasteiger partial charge on any atom is -0.481 e. The molecule has 0 bridgehead atoms. The van der Waals surface area contributed by atoms with Gasteiger partial charge >= 0.3 is 5.97 Å². The SMILES string of the molecule is CC(=O)c1cn(CCC(=O)N2CCC(C(=O)O)CC2)c2ccccc12. The number of amides is 1. The minimum atomic E-state index is -0.775. The molecule has 1 amide bonds. The number of carbonyl (C=O) groups excluding carboxylic acids is 2. The summed E-state index contributed by atoms with van der Waals surface area (Å²) < 4.78 is 1.95. The number of carboxylic acid groups (broad SMARTS) is 1. The standard InChI is InChI=1S/C19H22N2O4/c1-13(22)16-12-21(17-5-3-2-4-15(16)17)11-8-18(23)20-9-6-14(7-10-20)19(24)25/h2-5,12,14H,6-11H2,1H3,(H,24,25). The molecule has 2 aromatic rings. The Morgan fingerprint density at radius 2 is 1.84 bits per heavy atom. The van der Waals surface area contributed by atoms with Crippen molar-refractivity contribution in [2.45, 2.75) is 32.7 Å². The molecule has 1 aromatic heterocycles. The number of likely N-dealkylation sites (tertiary alicyclic amines) is 1. The predicted octanol–water partition coefficient (Wildman–Crippen LogP) is 2.56. The summed E-state index contributed by atoms with van der Waals surface area (Å²) in [5, 5.41) is 9.94. The van der Waals surface area contributed by atoms with Crippen molar-refractivity contribution >= 4 is 28.6 Å². The summed E-state index contributed by atoms with van der Waals surface area (Å²) in [5.74, 6) is -1.07. The van der Waals surface area contributed by atoms with Crippen molar-refractivity contribution in [3.63, 3.8) is 0 Å². The van der Waals surface area contributed by atoms with E-state index in [2.05, 4.69) is 0 Å². The Morgan fingerprint density at radius 1 is 1.16 bits per heavy atom. The minimum absolute atomic E-state index is 0.0111. The Labute approximate surface area is 146 Å². The number of fused-ring (bicyclic) bond motifs is 1. The lowest BCUT2D eigenvalue weighted by molar-refractivity contribution is -0.145. The number of carboxylic acids is 1. The van der Waals surface area contributed by atoms with E-state index in [9.17, 15) is 14.4 Å². The molecule has 6 heteroatoms. The summed E-state index contributed by atoms with van der Waals surface area (Å²) in [6, 6.07) is 7.68. The van der Waals surface area contributed by atoms with E-state index < -0.39 is 5.97 Å². The van der Waals surface area contributed by atoms with Crippen LogP contribution in [-0.2, 0) is 16.1 Å². The van der Waals surface area contributed by atoms with E-state index in [0.29, 0.717) is 44.5 Å². The summed E-state index contributed by atoms with van der Waals surface area (Å²) in [4.78, 5) is 37.0. The Kier molecular flexibility index (Phi) is 4.88. The molecule has 132 valence electrons. The Morgan fingerprint density at radius 3 is 2.48 bits per heavy atom. The lowest BCUT2D eigenvalue weighted by Gasteiger charge is -2.30. The van der Waals surface area contributed by atoms with Gasteiger partial charge < -0.3 is 14.6 Å². The summed E-state index contributed by atoms with van der Waals surface area (Å²) >= 11 is 0. The lowest BCUT2D eigenvalue weighted by atomic mass is 9.97. The number of piperidine rings is 1. The highest BCUT2D eigenvalue weighted by Gasteiger charge is 2.26. The summed E-state index contributed by atoms with van der Waals surface area (Å²) in [6.07, 6.45) is 3.19. The van der Waals surface area contributed by atoms with Gasteiger partial charge in [0, 0.05) is 48.7 Å². The van der Waals surface area contributed by atoms with Crippen molar-refractivity contribution in [3.8, 4) is 0 Å². The van der Waals surface area contributed by atoms with Crippen LogP contribution in [0.25, 0.3) is 10.9 Å². The molecule has 0 radical (unpaired) electrons. The molecule has 25 heavy (non-hydrogen) atoms. The topological polar surface area (TPSA) is 79.6 Å². The van der Waals surface area contributed by atoms with Crippen LogP contribution in [0.15, 0.2) is 30.5 Å². The number of benzene rings is 1. The highest BCUT2D eigenvalue weighted by Crippen LogP contribution is 2.23. The summed E-state index contributed by atoms with van der Waals surface area (Å²) in [6.45, 7) is 3.05. The molecular formula is C19H22N2O4. The molecule has 3 rings (SSSR count). The van der Waals surface area contributed by atoms with E-state index in [1.54, 1.807) is 11.8 Å². The molecule has 2 heterocycles. The first-order valence-corrected chi connectivity index (χ1v) is 8.56. The Balaban J connectivity index is 1.66. The molecule has 0 atom stereocenters. The van der Waals surface area contributed by atoms with Crippen molar-refractivity contribution in [1.29, 1.82) is 0 Å². The smallest absolute Gasteiger partial charge is 0.306 e. The van der Waals surface area contributed by atoms with Gasteiger partial charge in [0.25, 0.3) is 0 Å². The Hall–Kier alpha value is -2.63. The van der Waals surface area contributed by atoms with Gasteiger partial charge in [-0.25, -0.2) is 0 Å². The highest BCUT2D eigenvalue weighted by atomic mass is 16.4. The fourth-order valence-electron chi connectivity index (χ4n) is 3.46. The third-order valence-electron chi connectivity index (χ3n) is 4.93.